The zero-order valence-corrected chi connectivity index (χ0v) is 9.87. The Labute approximate surface area is 106 Å². The maximum Gasteiger partial charge on any atom is 0.173 e. The summed E-state index contributed by atoms with van der Waals surface area (Å²) in [5, 5.41) is 0. The van der Waals surface area contributed by atoms with Gasteiger partial charge in [-0.05, 0) is 17.7 Å². The lowest BCUT2D eigenvalue weighted by molar-refractivity contribution is 0.0863. The summed E-state index contributed by atoms with van der Waals surface area (Å²) in [6, 6.07) is 17.3. The van der Waals surface area contributed by atoms with E-state index in [-0.39, 0.29) is 11.7 Å². The number of hydrogen-bond acceptors (Lipinski definition) is 2. The van der Waals surface area contributed by atoms with Gasteiger partial charge >= 0.3 is 0 Å². The first-order valence-corrected chi connectivity index (χ1v) is 6.00. The lowest BCUT2D eigenvalue weighted by atomic mass is 9.90. The third-order valence-corrected chi connectivity index (χ3v) is 3.10. The Morgan fingerprint density at radius 1 is 1.00 bits per heavy atom. The van der Waals surface area contributed by atoms with Crippen LogP contribution in [0.5, 0.6) is 5.75 Å². The quantitative estimate of drug-likeness (QED) is 0.802. The summed E-state index contributed by atoms with van der Waals surface area (Å²) in [5.41, 5.74) is 1.74. The second-order valence-corrected chi connectivity index (χ2v) is 4.36. The van der Waals surface area contributed by atoms with Crippen LogP contribution in [0.4, 0.5) is 0 Å². The molecule has 2 nitrogen and oxygen atoms in total. The van der Waals surface area contributed by atoms with E-state index in [9.17, 15) is 4.79 Å². The standard InChI is InChI=1S/C16H13O2/c17-16-13(10-12-6-2-1-3-7-12)11-18-15-9-5-4-8-14(15)16/h1-10,13H,11H2. The van der Waals surface area contributed by atoms with Gasteiger partial charge in [0.2, 0.25) is 0 Å². The SMILES string of the molecule is O=C1c2ccccc2OCC1[CH]c1ccccc1. The Morgan fingerprint density at radius 3 is 2.56 bits per heavy atom. The molecule has 1 radical (unpaired) electrons. The van der Waals surface area contributed by atoms with Crippen LogP contribution in [0.15, 0.2) is 54.6 Å². The molecule has 1 aliphatic rings. The molecule has 1 unspecified atom stereocenters. The molecule has 0 spiro atoms. The molecule has 1 atom stereocenters. The molecule has 2 heteroatoms. The molecule has 0 fully saturated rings. The largest absolute Gasteiger partial charge is 0.492 e. The van der Waals surface area contributed by atoms with Crippen LogP contribution < -0.4 is 4.74 Å². The molecule has 0 bridgehead atoms. The van der Waals surface area contributed by atoms with Crippen molar-refractivity contribution in [2.24, 2.45) is 5.92 Å². The fraction of sp³-hybridized carbons (Fsp3) is 0.125. The van der Waals surface area contributed by atoms with Gasteiger partial charge in [0.1, 0.15) is 5.75 Å². The zero-order valence-electron chi connectivity index (χ0n) is 9.87. The van der Waals surface area contributed by atoms with Gasteiger partial charge in [0, 0.05) is 6.42 Å². The molecule has 0 amide bonds. The average molecular weight is 237 g/mol. The number of fused-ring (bicyclic) bond motifs is 1. The molecule has 0 aromatic heterocycles. The smallest absolute Gasteiger partial charge is 0.173 e. The van der Waals surface area contributed by atoms with Gasteiger partial charge in [0.25, 0.3) is 0 Å². The summed E-state index contributed by atoms with van der Waals surface area (Å²) < 4.78 is 5.63. The van der Waals surface area contributed by atoms with E-state index in [0.717, 1.165) is 5.56 Å². The third-order valence-electron chi connectivity index (χ3n) is 3.10. The van der Waals surface area contributed by atoms with E-state index < -0.39 is 0 Å². The van der Waals surface area contributed by atoms with E-state index in [4.69, 9.17) is 4.74 Å². The minimum atomic E-state index is -0.192. The highest BCUT2D eigenvalue weighted by Crippen LogP contribution is 2.29. The molecule has 1 heterocycles. The Kier molecular flexibility index (Phi) is 2.85. The second-order valence-electron chi connectivity index (χ2n) is 4.36. The Balaban J connectivity index is 1.83. The molecule has 2 aromatic carbocycles. The fourth-order valence-electron chi connectivity index (χ4n) is 2.17. The molecule has 0 aliphatic carbocycles. The van der Waals surface area contributed by atoms with Crippen LogP contribution in [0.3, 0.4) is 0 Å². The molecule has 18 heavy (non-hydrogen) atoms. The lowest BCUT2D eigenvalue weighted by Crippen LogP contribution is -2.28. The first-order chi connectivity index (χ1) is 8.84. The number of ether oxygens (including phenoxy) is 1. The fourth-order valence-corrected chi connectivity index (χ4v) is 2.17. The van der Waals surface area contributed by atoms with Crippen molar-refractivity contribution >= 4 is 5.78 Å². The molecule has 2 aromatic rings. The van der Waals surface area contributed by atoms with Crippen molar-refractivity contribution in [2.75, 3.05) is 6.61 Å². The molecule has 89 valence electrons. The number of hydrogen-bond donors (Lipinski definition) is 0. The van der Waals surface area contributed by atoms with Gasteiger partial charge in [-0.3, -0.25) is 4.79 Å². The van der Waals surface area contributed by atoms with Crippen molar-refractivity contribution in [1.29, 1.82) is 0 Å². The normalized spacial score (nSPS) is 18.0. The van der Waals surface area contributed by atoms with Crippen molar-refractivity contribution < 1.29 is 9.53 Å². The molecule has 1 aliphatic heterocycles. The first-order valence-electron chi connectivity index (χ1n) is 6.00. The number of Topliss-reactive ketones (excluding diaryl/α,β-unsaturated/α-hetero) is 1. The van der Waals surface area contributed by atoms with Crippen molar-refractivity contribution in [1.82, 2.24) is 0 Å². The van der Waals surface area contributed by atoms with Gasteiger partial charge in [-0.1, -0.05) is 42.5 Å². The van der Waals surface area contributed by atoms with Crippen LogP contribution in [0.2, 0.25) is 0 Å². The second kappa shape index (κ2) is 4.65. The average Bonchev–Trinajstić information content (AvgIpc) is 2.43. The van der Waals surface area contributed by atoms with Crippen LogP contribution in [-0.2, 0) is 0 Å². The van der Waals surface area contributed by atoms with Crippen LogP contribution in [0.25, 0.3) is 0 Å². The Hall–Kier alpha value is -2.09. The lowest BCUT2D eigenvalue weighted by Gasteiger charge is -2.23. The Bertz CT molecular complexity index is 560. The minimum absolute atomic E-state index is 0.140. The van der Waals surface area contributed by atoms with Crippen molar-refractivity contribution in [2.45, 2.75) is 0 Å². The van der Waals surface area contributed by atoms with Crippen LogP contribution in [0.1, 0.15) is 15.9 Å². The maximum atomic E-state index is 12.3. The number of ketones is 1. The van der Waals surface area contributed by atoms with Gasteiger partial charge < -0.3 is 4.74 Å². The summed E-state index contributed by atoms with van der Waals surface area (Å²) in [6.07, 6.45) is 1.97. The number of carbonyl (C=O) groups is 1. The highest BCUT2D eigenvalue weighted by atomic mass is 16.5. The van der Waals surface area contributed by atoms with E-state index in [1.807, 2.05) is 61.0 Å². The predicted octanol–water partition coefficient (Wildman–Crippen LogP) is 3.13. The van der Waals surface area contributed by atoms with Gasteiger partial charge in [-0.15, -0.1) is 0 Å². The maximum absolute atomic E-state index is 12.3. The zero-order chi connectivity index (χ0) is 12.4. The molecule has 0 N–H and O–H groups in total. The number of rotatable bonds is 2. The molecule has 3 rings (SSSR count). The van der Waals surface area contributed by atoms with Crippen molar-refractivity contribution in [3.05, 3.63) is 72.1 Å². The highest BCUT2D eigenvalue weighted by Gasteiger charge is 2.28. The number of benzene rings is 2. The third kappa shape index (κ3) is 2.02. The van der Waals surface area contributed by atoms with Gasteiger partial charge in [0.15, 0.2) is 5.78 Å². The van der Waals surface area contributed by atoms with Crippen LogP contribution in [0, 0.1) is 12.3 Å². The molecular weight excluding hydrogens is 224 g/mol. The first kappa shape index (κ1) is 11.0. The van der Waals surface area contributed by atoms with Crippen molar-refractivity contribution in [3.8, 4) is 5.75 Å². The van der Waals surface area contributed by atoms with E-state index in [0.29, 0.717) is 17.9 Å². The van der Waals surface area contributed by atoms with Crippen molar-refractivity contribution in [3.63, 3.8) is 0 Å². The highest BCUT2D eigenvalue weighted by molar-refractivity contribution is 6.02. The van der Waals surface area contributed by atoms with E-state index in [1.54, 1.807) is 0 Å². The predicted molar refractivity (Wildman–Crippen MR) is 69.6 cm³/mol. The number of carbonyl (C=O) groups excluding carboxylic acids is 1. The summed E-state index contributed by atoms with van der Waals surface area (Å²) in [6.45, 7) is 0.421. The van der Waals surface area contributed by atoms with E-state index in [1.165, 1.54) is 0 Å². The minimum Gasteiger partial charge on any atom is -0.492 e. The summed E-state index contributed by atoms with van der Waals surface area (Å²) in [7, 11) is 0. The molecule has 0 saturated heterocycles. The monoisotopic (exact) mass is 237 g/mol. The molecular formula is C16H13O2. The van der Waals surface area contributed by atoms with Crippen LogP contribution in [-0.4, -0.2) is 12.4 Å². The summed E-state index contributed by atoms with van der Waals surface area (Å²) >= 11 is 0. The number of para-hydroxylation sites is 1. The van der Waals surface area contributed by atoms with Gasteiger partial charge in [0.05, 0.1) is 18.1 Å². The van der Waals surface area contributed by atoms with E-state index in [2.05, 4.69) is 0 Å². The Morgan fingerprint density at radius 2 is 1.72 bits per heavy atom. The van der Waals surface area contributed by atoms with E-state index >= 15 is 0 Å². The van der Waals surface area contributed by atoms with Gasteiger partial charge in [-0.25, -0.2) is 0 Å². The van der Waals surface area contributed by atoms with Crippen LogP contribution >= 0.6 is 0 Å². The summed E-state index contributed by atoms with van der Waals surface area (Å²) in [4.78, 5) is 12.3. The summed E-state index contributed by atoms with van der Waals surface area (Å²) in [5.74, 6) is 0.642. The topological polar surface area (TPSA) is 26.3 Å². The van der Waals surface area contributed by atoms with Gasteiger partial charge in [-0.2, -0.15) is 0 Å². The molecule has 0 saturated carbocycles.